The fraction of sp³-hybridized carbons (Fsp3) is 0.872. The Morgan fingerprint density at radius 2 is 0.960 bits per heavy atom. The van der Waals surface area contributed by atoms with Gasteiger partial charge in [-0.2, -0.15) is 0 Å². The molecule has 1 aromatic rings. The minimum atomic E-state index is -0.227. The van der Waals surface area contributed by atoms with E-state index < -0.39 is 0 Å². The molecule has 3 nitrogen and oxygen atoms in total. The Morgan fingerprint density at radius 3 is 1.34 bits per heavy atom. The Hall–Kier alpha value is -1.22. The van der Waals surface area contributed by atoms with Crippen molar-refractivity contribution in [1.82, 2.24) is 0 Å². The third kappa shape index (κ3) is 5.24. The highest BCUT2D eigenvalue weighted by Crippen LogP contribution is 2.71. The molecule has 1 atom stereocenters. The van der Waals surface area contributed by atoms with Crippen LogP contribution in [0.3, 0.4) is 0 Å². The lowest BCUT2D eigenvalue weighted by atomic mass is 9.43. The van der Waals surface area contributed by atoms with Crippen molar-refractivity contribution in [3.63, 3.8) is 0 Å². The molecule has 14 rings (SSSR count). The van der Waals surface area contributed by atoms with Crippen LogP contribution in [-0.4, -0.2) is 24.9 Å². The van der Waals surface area contributed by atoms with Gasteiger partial charge in [0.2, 0.25) is 0 Å². The standard InChI is InChI=1S/C47H68O3/c1-43(2,3)27-44(4,5)50-42-38(45-16-28-6-29(17-45)8-30(7-28)18-45)15-39(49-26-37-25-48-37)40(46-19-31-9-32(20-46)11-33(10-31)21-46)41(42)47-22-34-12-35(23-47)14-36(13-34)24-47/h15,28-37H,6-14,16-27H2,1-5H3. The van der Waals surface area contributed by atoms with Gasteiger partial charge >= 0.3 is 0 Å². The molecule has 0 N–H and O–H groups in total. The van der Waals surface area contributed by atoms with Crippen molar-refractivity contribution in [2.45, 2.75) is 185 Å². The van der Waals surface area contributed by atoms with Crippen LogP contribution in [0.5, 0.6) is 11.5 Å². The smallest absolute Gasteiger partial charge is 0.128 e. The lowest BCUT2D eigenvalue weighted by Crippen LogP contribution is -2.53. The average molecular weight is 681 g/mol. The highest BCUT2D eigenvalue weighted by molar-refractivity contribution is 5.63. The summed E-state index contributed by atoms with van der Waals surface area (Å²) in [6, 6.07) is 2.72. The molecule has 0 spiro atoms. The van der Waals surface area contributed by atoms with E-state index in [4.69, 9.17) is 14.2 Å². The fourth-order valence-electron chi connectivity index (χ4n) is 17.5. The van der Waals surface area contributed by atoms with Crippen LogP contribution in [0.1, 0.15) is 173 Å². The third-order valence-corrected chi connectivity index (χ3v) is 17.2. The van der Waals surface area contributed by atoms with Gasteiger partial charge in [-0.1, -0.05) is 20.8 Å². The van der Waals surface area contributed by atoms with Gasteiger partial charge in [0.05, 0.1) is 6.61 Å². The van der Waals surface area contributed by atoms with E-state index in [1.807, 2.05) is 0 Å². The molecule has 1 heterocycles. The zero-order valence-electron chi connectivity index (χ0n) is 32.4. The molecule has 13 aliphatic rings. The van der Waals surface area contributed by atoms with Crippen molar-refractivity contribution >= 4 is 0 Å². The SMILES string of the molecule is CC(C)(C)CC(C)(C)Oc1c(C23CC4CC(CC(C4)C2)C3)cc(OCC2CO2)c(C23CC4CC(CC(C4)C2)C3)c1C12CC3CC(CC(C3)C1)C2. The van der Waals surface area contributed by atoms with Crippen LogP contribution in [0.2, 0.25) is 0 Å². The van der Waals surface area contributed by atoms with Gasteiger partial charge in [0.15, 0.2) is 0 Å². The molecule has 1 saturated heterocycles. The first-order valence-corrected chi connectivity index (χ1v) is 22.0. The zero-order valence-corrected chi connectivity index (χ0v) is 32.4. The molecule has 50 heavy (non-hydrogen) atoms. The molecule has 1 aromatic carbocycles. The summed E-state index contributed by atoms with van der Waals surface area (Å²) in [4.78, 5) is 0. The monoisotopic (exact) mass is 681 g/mol. The molecule has 3 heteroatoms. The number of hydrogen-bond donors (Lipinski definition) is 0. The van der Waals surface area contributed by atoms with E-state index >= 15 is 0 Å². The van der Waals surface area contributed by atoms with Crippen LogP contribution in [0.25, 0.3) is 0 Å². The number of benzene rings is 1. The maximum absolute atomic E-state index is 8.04. The van der Waals surface area contributed by atoms with Gasteiger partial charge in [0.25, 0.3) is 0 Å². The van der Waals surface area contributed by atoms with Crippen molar-refractivity contribution in [2.75, 3.05) is 13.2 Å². The summed E-state index contributed by atoms with van der Waals surface area (Å²) in [6.07, 6.45) is 27.4. The first kappa shape index (κ1) is 32.2. The summed E-state index contributed by atoms with van der Waals surface area (Å²) >= 11 is 0. The molecule has 0 aromatic heterocycles. The normalized spacial score (nSPS) is 47.7. The molecule has 274 valence electrons. The van der Waals surface area contributed by atoms with Crippen LogP contribution in [-0.2, 0) is 21.0 Å². The molecule has 1 aliphatic heterocycles. The number of ether oxygens (including phenoxy) is 3. The topological polar surface area (TPSA) is 31.0 Å². The number of rotatable bonds is 9. The Balaban J connectivity index is 1.18. The number of epoxide rings is 1. The van der Waals surface area contributed by atoms with E-state index in [1.165, 1.54) is 127 Å². The van der Waals surface area contributed by atoms with E-state index in [1.54, 1.807) is 16.7 Å². The molecule has 1 unspecified atom stereocenters. The molecular formula is C47H68O3. The van der Waals surface area contributed by atoms with Crippen molar-refractivity contribution in [3.8, 4) is 11.5 Å². The highest BCUT2D eigenvalue weighted by Gasteiger charge is 2.61. The largest absolute Gasteiger partial charge is 0.490 e. The quantitative estimate of drug-likeness (QED) is 0.243. The van der Waals surface area contributed by atoms with Crippen LogP contribution in [0.15, 0.2) is 6.07 Å². The minimum absolute atomic E-state index is 0.210. The maximum Gasteiger partial charge on any atom is 0.128 e. The van der Waals surface area contributed by atoms with Crippen LogP contribution < -0.4 is 9.47 Å². The van der Waals surface area contributed by atoms with E-state index in [9.17, 15) is 0 Å². The van der Waals surface area contributed by atoms with Gasteiger partial charge in [0, 0.05) is 27.5 Å². The van der Waals surface area contributed by atoms with E-state index in [-0.39, 0.29) is 33.4 Å². The van der Waals surface area contributed by atoms with Crippen molar-refractivity contribution in [3.05, 3.63) is 22.8 Å². The summed E-state index contributed by atoms with van der Waals surface area (Å²) in [5.41, 5.74) is 5.87. The predicted octanol–water partition coefficient (Wildman–Crippen LogP) is 11.5. The molecule has 0 amide bonds. The van der Waals surface area contributed by atoms with Crippen molar-refractivity contribution in [2.24, 2.45) is 58.7 Å². The molecule has 13 fully saturated rings. The van der Waals surface area contributed by atoms with Gasteiger partial charge in [0.1, 0.15) is 29.8 Å². The third-order valence-electron chi connectivity index (χ3n) is 17.2. The van der Waals surface area contributed by atoms with Gasteiger partial charge in [-0.15, -0.1) is 0 Å². The van der Waals surface area contributed by atoms with Crippen molar-refractivity contribution in [1.29, 1.82) is 0 Å². The van der Waals surface area contributed by atoms with Gasteiger partial charge in [-0.3, -0.25) is 0 Å². The van der Waals surface area contributed by atoms with Gasteiger partial charge in [-0.25, -0.2) is 0 Å². The second kappa shape index (κ2) is 10.7. The summed E-state index contributed by atoms with van der Waals surface area (Å²) < 4.78 is 21.2. The molecule has 12 bridgehead atoms. The second-order valence-electron chi connectivity index (χ2n) is 23.5. The molecule has 0 radical (unpaired) electrons. The second-order valence-corrected chi connectivity index (χ2v) is 23.5. The summed E-state index contributed by atoms with van der Waals surface area (Å²) in [5.74, 6) is 10.9. The van der Waals surface area contributed by atoms with E-state index in [0.29, 0.717) is 0 Å². The first-order chi connectivity index (χ1) is 23.8. The van der Waals surface area contributed by atoms with E-state index in [2.05, 4.69) is 40.7 Å². The van der Waals surface area contributed by atoms with E-state index in [0.717, 1.165) is 72.9 Å². The van der Waals surface area contributed by atoms with Gasteiger partial charge < -0.3 is 14.2 Å². The average Bonchev–Trinajstić information content (AvgIpc) is 3.81. The van der Waals surface area contributed by atoms with Crippen LogP contribution in [0.4, 0.5) is 0 Å². The predicted molar refractivity (Wildman–Crippen MR) is 200 cm³/mol. The molecule has 12 aliphatic carbocycles. The Morgan fingerprint density at radius 1 is 0.580 bits per heavy atom. The highest BCUT2D eigenvalue weighted by atomic mass is 16.6. The van der Waals surface area contributed by atoms with Crippen LogP contribution >= 0.6 is 0 Å². The van der Waals surface area contributed by atoms with Crippen LogP contribution in [0, 0.1) is 58.7 Å². The van der Waals surface area contributed by atoms with Gasteiger partial charge in [-0.05, 0) is 206 Å². The Bertz CT molecular complexity index is 1430. The molecular weight excluding hydrogens is 613 g/mol. The lowest BCUT2D eigenvalue weighted by molar-refractivity contribution is -0.0245. The Labute approximate surface area is 304 Å². The minimum Gasteiger partial charge on any atom is -0.490 e. The summed E-state index contributed by atoms with van der Waals surface area (Å²) in [6.45, 7) is 13.8. The maximum atomic E-state index is 8.04. The summed E-state index contributed by atoms with van der Waals surface area (Å²) in [5, 5.41) is 0. The first-order valence-electron chi connectivity index (χ1n) is 22.0. The fourth-order valence-corrected chi connectivity index (χ4v) is 17.5. The summed E-state index contributed by atoms with van der Waals surface area (Å²) in [7, 11) is 0. The zero-order chi connectivity index (χ0) is 33.8. The molecule has 12 saturated carbocycles. The lowest BCUT2D eigenvalue weighted by Gasteiger charge is -2.62. The Kier molecular flexibility index (Phi) is 6.91. The number of hydrogen-bond acceptors (Lipinski definition) is 3. The van der Waals surface area contributed by atoms with Crippen molar-refractivity contribution < 1.29 is 14.2 Å².